The van der Waals surface area contributed by atoms with Gasteiger partial charge in [-0.15, -0.1) is 0 Å². The molecule has 2 aromatic carbocycles. The molecule has 0 aliphatic carbocycles. The Hall–Kier alpha value is -2.93. The van der Waals surface area contributed by atoms with Crippen LogP contribution in [-0.2, 0) is 4.79 Å². The molecule has 0 saturated carbocycles. The summed E-state index contributed by atoms with van der Waals surface area (Å²) in [5, 5.41) is 48.9. The van der Waals surface area contributed by atoms with Crippen molar-refractivity contribution < 1.29 is 35.1 Å². The predicted octanol–water partition coefficient (Wildman–Crippen LogP) is 1.55. The first-order valence-corrected chi connectivity index (χ1v) is 6.77. The van der Waals surface area contributed by atoms with Gasteiger partial charge in [-0.3, -0.25) is 4.79 Å². The second-order valence-electron chi connectivity index (χ2n) is 5.33. The number of carbonyl (C=O) groups excluding carboxylic acids is 1. The molecule has 0 bridgehead atoms. The summed E-state index contributed by atoms with van der Waals surface area (Å²) in [5.74, 6) is -2.21. The van der Waals surface area contributed by atoms with E-state index in [-0.39, 0.29) is 33.9 Å². The second kappa shape index (κ2) is 5.06. The van der Waals surface area contributed by atoms with Gasteiger partial charge in [-0.2, -0.15) is 0 Å². The summed E-state index contributed by atoms with van der Waals surface area (Å²) in [6.07, 6.45) is -2.88. The van der Waals surface area contributed by atoms with Crippen LogP contribution in [0.3, 0.4) is 0 Å². The Morgan fingerprint density at radius 3 is 2.35 bits per heavy atom. The van der Waals surface area contributed by atoms with Crippen LogP contribution in [0.5, 0.6) is 28.7 Å². The lowest BCUT2D eigenvalue weighted by Gasteiger charge is -2.29. The molecule has 0 spiro atoms. The summed E-state index contributed by atoms with van der Waals surface area (Å²) in [6.45, 7) is 1.44. The van der Waals surface area contributed by atoms with Gasteiger partial charge in [0, 0.05) is 17.2 Å². The van der Waals surface area contributed by atoms with E-state index in [9.17, 15) is 30.3 Å². The first kappa shape index (κ1) is 15.0. The molecule has 0 radical (unpaired) electrons. The van der Waals surface area contributed by atoms with Crippen LogP contribution in [0.2, 0.25) is 0 Å². The molecule has 23 heavy (non-hydrogen) atoms. The Bertz CT molecular complexity index is 813. The molecule has 3 rings (SSSR count). The molecule has 2 aromatic rings. The number of aliphatic hydroxyl groups is 1. The van der Waals surface area contributed by atoms with Crippen LogP contribution in [0.1, 0.15) is 28.9 Å². The Morgan fingerprint density at radius 1 is 1.00 bits per heavy atom. The van der Waals surface area contributed by atoms with Crippen LogP contribution < -0.4 is 4.74 Å². The SMILES string of the molecule is Cc1c(O)cc2c(c1O)C(O)C(=O)[C@H](c1ccc(O)c(O)c1)O2. The van der Waals surface area contributed by atoms with Gasteiger partial charge >= 0.3 is 0 Å². The van der Waals surface area contributed by atoms with E-state index in [1.165, 1.54) is 25.1 Å². The highest BCUT2D eigenvalue weighted by atomic mass is 16.5. The van der Waals surface area contributed by atoms with E-state index in [4.69, 9.17) is 4.74 Å². The van der Waals surface area contributed by atoms with Gasteiger partial charge in [0.05, 0.1) is 5.56 Å². The number of carbonyl (C=O) groups is 1. The number of ketones is 1. The number of Topliss-reactive ketones (excluding diaryl/α,β-unsaturated/α-hetero) is 1. The summed E-state index contributed by atoms with van der Waals surface area (Å²) in [6, 6.07) is 4.90. The smallest absolute Gasteiger partial charge is 0.211 e. The quantitative estimate of drug-likeness (QED) is 0.505. The molecule has 1 aliphatic rings. The van der Waals surface area contributed by atoms with Crippen molar-refractivity contribution >= 4 is 5.78 Å². The van der Waals surface area contributed by atoms with Crippen molar-refractivity contribution in [1.82, 2.24) is 0 Å². The summed E-state index contributed by atoms with van der Waals surface area (Å²) in [7, 11) is 0. The molecule has 7 heteroatoms. The van der Waals surface area contributed by atoms with Gasteiger partial charge in [-0.25, -0.2) is 0 Å². The molecule has 2 atom stereocenters. The van der Waals surface area contributed by atoms with Crippen molar-refractivity contribution in [3.63, 3.8) is 0 Å². The number of aromatic hydroxyl groups is 4. The highest BCUT2D eigenvalue weighted by molar-refractivity contribution is 5.92. The standard InChI is InChI=1S/C16H14O7/c1-6-9(18)5-11-12(13(6)20)14(21)15(22)16(23-11)7-2-3-8(17)10(19)4-7/h2-5,14,16-21H,1H3/t14?,16-/m0/s1. The largest absolute Gasteiger partial charge is 0.507 e. The van der Waals surface area contributed by atoms with Crippen molar-refractivity contribution in [3.05, 3.63) is 41.0 Å². The van der Waals surface area contributed by atoms with Crippen molar-refractivity contribution in [2.45, 2.75) is 19.1 Å². The fraction of sp³-hybridized carbons (Fsp3) is 0.188. The highest BCUT2D eigenvalue weighted by Gasteiger charge is 2.39. The summed E-state index contributed by atoms with van der Waals surface area (Å²) < 4.78 is 5.49. The molecule has 7 nitrogen and oxygen atoms in total. The topological polar surface area (TPSA) is 127 Å². The minimum absolute atomic E-state index is 0.0322. The molecule has 0 saturated heterocycles. The van der Waals surface area contributed by atoms with Crippen LogP contribution in [0, 0.1) is 6.92 Å². The van der Waals surface area contributed by atoms with Gasteiger partial charge in [-0.1, -0.05) is 6.07 Å². The maximum Gasteiger partial charge on any atom is 0.211 e. The van der Waals surface area contributed by atoms with E-state index >= 15 is 0 Å². The highest BCUT2D eigenvalue weighted by Crippen LogP contribution is 2.47. The maximum absolute atomic E-state index is 12.3. The zero-order valence-electron chi connectivity index (χ0n) is 12.0. The first-order chi connectivity index (χ1) is 10.8. The van der Waals surface area contributed by atoms with Gasteiger partial charge in [0.1, 0.15) is 23.4 Å². The molecule has 120 valence electrons. The average Bonchev–Trinajstić information content (AvgIpc) is 2.51. The minimum atomic E-state index is -1.64. The van der Waals surface area contributed by atoms with E-state index in [0.29, 0.717) is 0 Å². The van der Waals surface area contributed by atoms with Gasteiger partial charge in [0.15, 0.2) is 17.6 Å². The van der Waals surface area contributed by atoms with Gasteiger partial charge in [0.2, 0.25) is 5.78 Å². The van der Waals surface area contributed by atoms with Crippen molar-refractivity contribution in [1.29, 1.82) is 0 Å². The summed E-state index contributed by atoms with van der Waals surface area (Å²) in [4.78, 5) is 12.3. The minimum Gasteiger partial charge on any atom is -0.507 e. The number of hydrogen-bond donors (Lipinski definition) is 5. The molecule has 0 fully saturated rings. The van der Waals surface area contributed by atoms with E-state index in [1.54, 1.807) is 0 Å². The lowest BCUT2D eigenvalue weighted by molar-refractivity contribution is -0.137. The number of aliphatic hydroxyl groups excluding tert-OH is 1. The molecule has 0 amide bonds. The Kier molecular flexibility index (Phi) is 3.30. The molecule has 1 aliphatic heterocycles. The number of rotatable bonds is 1. The number of fused-ring (bicyclic) bond motifs is 1. The molecule has 0 aromatic heterocycles. The van der Waals surface area contributed by atoms with E-state index in [1.807, 2.05) is 0 Å². The van der Waals surface area contributed by atoms with Gasteiger partial charge in [0.25, 0.3) is 0 Å². The molecular formula is C16H14O7. The van der Waals surface area contributed by atoms with Crippen LogP contribution >= 0.6 is 0 Å². The van der Waals surface area contributed by atoms with Gasteiger partial charge < -0.3 is 30.3 Å². The lowest BCUT2D eigenvalue weighted by Crippen LogP contribution is -2.30. The van der Waals surface area contributed by atoms with Crippen LogP contribution in [0.4, 0.5) is 0 Å². The molecule has 1 heterocycles. The van der Waals surface area contributed by atoms with Crippen LogP contribution in [0.25, 0.3) is 0 Å². The van der Waals surface area contributed by atoms with Crippen molar-refractivity contribution in [3.8, 4) is 28.7 Å². The summed E-state index contributed by atoms with van der Waals surface area (Å²) >= 11 is 0. The zero-order valence-corrected chi connectivity index (χ0v) is 12.0. The predicted molar refractivity (Wildman–Crippen MR) is 77.6 cm³/mol. The molecule has 1 unspecified atom stereocenters. The summed E-state index contributed by atoms with van der Waals surface area (Å²) in [5.41, 5.74) is 0.235. The number of phenols is 4. The number of hydrogen-bond acceptors (Lipinski definition) is 7. The lowest BCUT2D eigenvalue weighted by atomic mass is 9.91. The third kappa shape index (κ3) is 2.22. The van der Waals surface area contributed by atoms with Crippen LogP contribution in [-0.4, -0.2) is 31.3 Å². The van der Waals surface area contributed by atoms with Gasteiger partial charge in [-0.05, 0) is 19.1 Å². The normalized spacial score (nSPS) is 20.0. The first-order valence-electron chi connectivity index (χ1n) is 6.77. The Balaban J connectivity index is 2.11. The fourth-order valence-corrected chi connectivity index (χ4v) is 2.52. The second-order valence-corrected chi connectivity index (χ2v) is 5.33. The third-order valence-electron chi connectivity index (χ3n) is 3.88. The number of benzene rings is 2. The fourth-order valence-electron chi connectivity index (χ4n) is 2.52. The Labute approximate surface area is 130 Å². The molecule has 5 N–H and O–H groups in total. The maximum atomic E-state index is 12.3. The third-order valence-corrected chi connectivity index (χ3v) is 3.88. The molecular weight excluding hydrogens is 304 g/mol. The number of phenolic OH excluding ortho intramolecular Hbond substituents is 4. The van der Waals surface area contributed by atoms with Crippen LogP contribution in [0.15, 0.2) is 24.3 Å². The zero-order chi connectivity index (χ0) is 16.9. The van der Waals surface area contributed by atoms with E-state index in [0.717, 1.165) is 6.07 Å². The average molecular weight is 318 g/mol. The Morgan fingerprint density at radius 2 is 1.70 bits per heavy atom. The van der Waals surface area contributed by atoms with Crippen molar-refractivity contribution in [2.24, 2.45) is 0 Å². The number of ether oxygens (including phenoxy) is 1. The monoisotopic (exact) mass is 318 g/mol. The van der Waals surface area contributed by atoms with E-state index in [2.05, 4.69) is 0 Å². The van der Waals surface area contributed by atoms with Crippen molar-refractivity contribution in [2.75, 3.05) is 0 Å². The van der Waals surface area contributed by atoms with E-state index < -0.39 is 29.5 Å².